The van der Waals surface area contributed by atoms with Crippen LogP contribution in [0.5, 0.6) is 0 Å². The largest absolute Gasteiger partial charge is 0.383 e. The van der Waals surface area contributed by atoms with Crippen molar-refractivity contribution in [2.45, 2.75) is 43.3 Å². The van der Waals surface area contributed by atoms with Gasteiger partial charge in [-0.2, -0.15) is 0 Å². The second-order valence-corrected chi connectivity index (χ2v) is 8.41. The molecular weight excluding hydrogens is 260 g/mol. The molecule has 1 fully saturated rings. The van der Waals surface area contributed by atoms with Crippen LogP contribution in [0, 0.1) is 0 Å². The van der Waals surface area contributed by atoms with Crippen molar-refractivity contribution in [3.63, 3.8) is 0 Å². The number of benzene rings is 1. The summed E-state index contributed by atoms with van der Waals surface area (Å²) in [6.07, 6.45) is 2.26. The fourth-order valence-electron chi connectivity index (χ4n) is 2.27. The molecule has 0 saturated carbocycles. The van der Waals surface area contributed by atoms with Crippen molar-refractivity contribution in [3.05, 3.63) is 35.4 Å². The molecule has 0 bridgehead atoms. The molecule has 1 atom stereocenters. The number of hydrogen-bond donors (Lipinski definition) is 1. The molecule has 100 valence electrons. The van der Waals surface area contributed by atoms with Crippen LogP contribution >= 0.6 is 23.5 Å². The van der Waals surface area contributed by atoms with E-state index in [4.69, 9.17) is 0 Å². The molecule has 18 heavy (non-hydrogen) atoms. The lowest BCUT2D eigenvalue weighted by Crippen LogP contribution is -2.44. The van der Waals surface area contributed by atoms with E-state index in [1.54, 1.807) is 0 Å². The molecule has 1 aliphatic rings. The topological polar surface area (TPSA) is 20.2 Å². The van der Waals surface area contributed by atoms with E-state index in [1.165, 1.54) is 12.0 Å². The van der Waals surface area contributed by atoms with Crippen LogP contribution in [0.2, 0.25) is 0 Å². The van der Waals surface area contributed by atoms with Gasteiger partial charge in [0.1, 0.15) is 5.60 Å². The van der Waals surface area contributed by atoms with Gasteiger partial charge in [0, 0.05) is 0 Å². The van der Waals surface area contributed by atoms with Gasteiger partial charge in [-0.1, -0.05) is 31.2 Å². The monoisotopic (exact) mass is 282 g/mol. The summed E-state index contributed by atoms with van der Waals surface area (Å²) in [5, 5.41) is 11.0. The maximum absolute atomic E-state index is 11.0. The minimum absolute atomic E-state index is 0.141. The average molecular weight is 282 g/mol. The molecule has 0 aromatic heterocycles. The predicted molar refractivity (Wildman–Crippen MR) is 83.3 cm³/mol. The van der Waals surface area contributed by atoms with Crippen LogP contribution in [0.1, 0.15) is 38.3 Å². The van der Waals surface area contributed by atoms with Gasteiger partial charge in [-0.3, -0.25) is 0 Å². The number of aliphatic hydroxyl groups is 1. The van der Waals surface area contributed by atoms with Crippen LogP contribution in [0.25, 0.3) is 0 Å². The minimum atomic E-state index is -0.784. The summed E-state index contributed by atoms with van der Waals surface area (Å²) in [6, 6.07) is 8.40. The molecule has 2 rings (SSSR count). The lowest BCUT2D eigenvalue weighted by atomic mass is 9.90. The number of rotatable bonds is 3. The minimum Gasteiger partial charge on any atom is -0.383 e. The first-order valence-corrected chi connectivity index (χ1v) is 8.56. The van der Waals surface area contributed by atoms with Gasteiger partial charge in [-0.15, -0.1) is 23.5 Å². The third-order valence-electron chi connectivity index (χ3n) is 3.83. The summed E-state index contributed by atoms with van der Waals surface area (Å²) in [7, 11) is 0. The molecule has 0 aliphatic carbocycles. The van der Waals surface area contributed by atoms with E-state index in [-0.39, 0.29) is 4.08 Å². The highest BCUT2D eigenvalue weighted by Crippen LogP contribution is 2.53. The quantitative estimate of drug-likeness (QED) is 0.903. The standard InChI is InChI=1S/C15H22OS2/c1-4-12-7-5-8-13(11-12)14(2,16)15(3)17-9-6-10-18-15/h5,7-8,11,16H,4,6,9-10H2,1-3H3/t14-/m1/s1. The predicted octanol–water partition coefficient (Wildman–Crippen LogP) is 4.04. The Hall–Kier alpha value is -0.120. The van der Waals surface area contributed by atoms with E-state index in [0.29, 0.717) is 0 Å². The van der Waals surface area contributed by atoms with Crippen LogP contribution in [0.15, 0.2) is 24.3 Å². The van der Waals surface area contributed by atoms with Gasteiger partial charge in [-0.05, 0) is 49.3 Å². The molecule has 1 saturated heterocycles. The highest BCUT2D eigenvalue weighted by molar-refractivity contribution is 8.18. The molecule has 0 spiro atoms. The van der Waals surface area contributed by atoms with Gasteiger partial charge in [0.05, 0.1) is 4.08 Å². The SMILES string of the molecule is CCc1cccc([C@@](C)(O)C2(C)SCCCS2)c1. The molecular formula is C15H22OS2. The number of thioether (sulfide) groups is 2. The zero-order valence-electron chi connectivity index (χ0n) is 11.4. The van der Waals surface area contributed by atoms with Crippen LogP contribution in [-0.2, 0) is 12.0 Å². The van der Waals surface area contributed by atoms with Crippen molar-refractivity contribution in [1.29, 1.82) is 0 Å². The Morgan fingerprint density at radius 2 is 2.00 bits per heavy atom. The van der Waals surface area contributed by atoms with Crippen LogP contribution in [0.3, 0.4) is 0 Å². The smallest absolute Gasteiger partial charge is 0.110 e. The summed E-state index contributed by atoms with van der Waals surface area (Å²) >= 11 is 3.79. The molecule has 1 aromatic carbocycles. The molecule has 1 heterocycles. The Morgan fingerprint density at radius 3 is 2.61 bits per heavy atom. The van der Waals surface area contributed by atoms with Crippen LogP contribution in [0.4, 0.5) is 0 Å². The Labute approximate surface area is 119 Å². The van der Waals surface area contributed by atoms with E-state index < -0.39 is 5.60 Å². The third kappa shape index (κ3) is 2.59. The average Bonchev–Trinajstić information content (AvgIpc) is 2.39. The number of aryl methyl sites for hydroxylation is 1. The molecule has 1 N–H and O–H groups in total. The Kier molecular flexibility index (Phi) is 4.35. The first kappa shape index (κ1) is 14.3. The van der Waals surface area contributed by atoms with Crippen molar-refractivity contribution in [2.24, 2.45) is 0 Å². The van der Waals surface area contributed by atoms with Gasteiger partial charge in [0.25, 0.3) is 0 Å². The van der Waals surface area contributed by atoms with E-state index in [0.717, 1.165) is 23.5 Å². The van der Waals surface area contributed by atoms with Crippen molar-refractivity contribution < 1.29 is 5.11 Å². The van der Waals surface area contributed by atoms with E-state index >= 15 is 0 Å². The Morgan fingerprint density at radius 1 is 1.33 bits per heavy atom. The van der Waals surface area contributed by atoms with Gasteiger partial charge < -0.3 is 5.11 Å². The fourth-order valence-corrected chi connectivity index (χ4v) is 5.44. The summed E-state index contributed by atoms with van der Waals surface area (Å²) in [5.74, 6) is 2.29. The van der Waals surface area contributed by atoms with Crippen LogP contribution in [-0.4, -0.2) is 20.7 Å². The Bertz CT molecular complexity index is 409. The maximum Gasteiger partial charge on any atom is 0.110 e. The van der Waals surface area contributed by atoms with E-state index in [2.05, 4.69) is 38.1 Å². The summed E-state index contributed by atoms with van der Waals surface area (Å²) in [4.78, 5) is 0. The van der Waals surface area contributed by atoms with E-state index in [9.17, 15) is 5.11 Å². The zero-order chi connectivity index (χ0) is 13.2. The number of hydrogen-bond acceptors (Lipinski definition) is 3. The van der Waals surface area contributed by atoms with Crippen LogP contribution < -0.4 is 0 Å². The van der Waals surface area contributed by atoms with Crippen molar-refractivity contribution in [3.8, 4) is 0 Å². The zero-order valence-corrected chi connectivity index (χ0v) is 13.0. The van der Waals surface area contributed by atoms with Crippen molar-refractivity contribution >= 4 is 23.5 Å². The molecule has 0 unspecified atom stereocenters. The van der Waals surface area contributed by atoms with Gasteiger partial charge in [0.15, 0.2) is 0 Å². The van der Waals surface area contributed by atoms with Crippen molar-refractivity contribution in [2.75, 3.05) is 11.5 Å². The second-order valence-electron chi connectivity index (χ2n) is 5.12. The first-order chi connectivity index (χ1) is 8.49. The van der Waals surface area contributed by atoms with Gasteiger partial charge >= 0.3 is 0 Å². The summed E-state index contributed by atoms with van der Waals surface area (Å²) < 4.78 is -0.141. The molecule has 1 aliphatic heterocycles. The lowest BCUT2D eigenvalue weighted by molar-refractivity contribution is 0.0487. The molecule has 1 aromatic rings. The molecule has 1 nitrogen and oxygen atoms in total. The molecule has 0 radical (unpaired) electrons. The third-order valence-corrected chi connectivity index (χ3v) is 7.41. The normalized spacial score (nSPS) is 22.4. The Balaban J connectivity index is 2.33. The van der Waals surface area contributed by atoms with Gasteiger partial charge in [0.2, 0.25) is 0 Å². The first-order valence-electron chi connectivity index (χ1n) is 6.59. The van der Waals surface area contributed by atoms with Gasteiger partial charge in [-0.25, -0.2) is 0 Å². The summed E-state index contributed by atoms with van der Waals surface area (Å²) in [5.41, 5.74) is 1.56. The fraction of sp³-hybridized carbons (Fsp3) is 0.600. The molecule has 3 heteroatoms. The molecule has 0 amide bonds. The summed E-state index contributed by atoms with van der Waals surface area (Å²) in [6.45, 7) is 6.30. The highest BCUT2D eigenvalue weighted by atomic mass is 32.2. The lowest BCUT2D eigenvalue weighted by Gasteiger charge is -2.44. The van der Waals surface area contributed by atoms with E-state index in [1.807, 2.05) is 30.4 Å². The van der Waals surface area contributed by atoms with Crippen molar-refractivity contribution in [1.82, 2.24) is 0 Å². The second kappa shape index (κ2) is 5.48. The highest BCUT2D eigenvalue weighted by Gasteiger charge is 2.46. The maximum atomic E-state index is 11.0.